The lowest BCUT2D eigenvalue weighted by atomic mass is 9.86. The van der Waals surface area contributed by atoms with Crippen LogP contribution < -0.4 is 10.1 Å². The first-order valence-electron chi connectivity index (χ1n) is 11.2. The van der Waals surface area contributed by atoms with Gasteiger partial charge in [-0.25, -0.2) is 13.6 Å². The average Bonchev–Trinajstić information content (AvgIpc) is 3.06. The predicted octanol–water partition coefficient (Wildman–Crippen LogP) is 4.44. The third-order valence-electron chi connectivity index (χ3n) is 6.55. The highest BCUT2D eigenvalue weighted by Gasteiger charge is 2.32. The lowest BCUT2D eigenvalue weighted by molar-refractivity contribution is 0.126. The van der Waals surface area contributed by atoms with E-state index in [0.717, 1.165) is 48.9 Å². The van der Waals surface area contributed by atoms with Gasteiger partial charge >= 0.3 is 6.03 Å². The third-order valence-corrected chi connectivity index (χ3v) is 6.55. The highest BCUT2D eigenvalue weighted by molar-refractivity contribution is 5.74. The molecule has 2 aromatic rings. The topological polar surface area (TPSA) is 44.8 Å². The van der Waals surface area contributed by atoms with Crippen LogP contribution in [0.5, 0.6) is 5.75 Å². The molecule has 0 aromatic heterocycles. The van der Waals surface area contributed by atoms with Crippen LogP contribution in [-0.4, -0.2) is 48.6 Å². The minimum absolute atomic E-state index is 0.00278. The number of ether oxygens (including phenoxy) is 1. The van der Waals surface area contributed by atoms with E-state index in [2.05, 4.69) is 37.2 Å². The molecule has 2 aromatic carbocycles. The van der Waals surface area contributed by atoms with Gasteiger partial charge in [0.2, 0.25) is 0 Å². The number of benzene rings is 2. The summed E-state index contributed by atoms with van der Waals surface area (Å²) >= 11 is 0. The molecule has 2 aliphatic rings. The van der Waals surface area contributed by atoms with Gasteiger partial charge in [0.15, 0.2) is 0 Å². The molecule has 1 N–H and O–H groups in total. The van der Waals surface area contributed by atoms with Gasteiger partial charge in [-0.15, -0.1) is 0 Å². The number of hydrogen-bond donors (Lipinski definition) is 1. The first-order chi connectivity index (χ1) is 15.2. The Bertz CT molecular complexity index is 987. The number of amides is 2. The lowest BCUT2D eigenvalue weighted by Crippen LogP contribution is -2.49. The summed E-state index contributed by atoms with van der Waals surface area (Å²) in [5.74, 6) is -0.355. The van der Waals surface area contributed by atoms with E-state index in [1.165, 1.54) is 12.1 Å². The number of hydrogen-bond acceptors (Lipinski definition) is 3. The van der Waals surface area contributed by atoms with E-state index in [9.17, 15) is 13.6 Å². The molecular weight excluding hydrogens is 412 g/mol. The Morgan fingerprint density at radius 1 is 1.19 bits per heavy atom. The molecule has 7 heteroatoms. The number of likely N-dealkylation sites (tertiary alicyclic amines) is 1. The van der Waals surface area contributed by atoms with Crippen molar-refractivity contribution >= 4 is 6.03 Å². The van der Waals surface area contributed by atoms with Gasteiger partial charge in [0.25, 0.3) is 0 Å². The monoisotopic (exact) mass is 443 g/mol. The normalized spacial score (nSPS) is 18.2. The van der Waals surface area contributed by atoms with Crippen molar-refractivity contribution in [1.82, 2.24) is 15.1 Å². The Labute approximate surface area is 188 Å². The molecule has 2 aliphatic heterocycles. The maximum Gasteiger partial charge on any atom is 0.318 e. The van der Waals surface area contributed by atoms with E-state index in [-0.39, 0.29) is 24.0 Å². The van der Waals surface area contributed by atoms with Crippen LogP contribution in [0.4, 0.5) is 13.6 Å². The van der Waals surface area contributed by atoms with Gasteiger partial charge < -0.3 is 19.9 Å². The molecule has 5 nitrogen and oxygen atoms in total. The fourth-order valence-corrected chi connectivity index (χ4v) is 4.46. The zero-order valence-electron chi connectivity index (χ0n) is 19.0. The molecule has 0 saturated carbocycles. The van der Waals surface area contributed by atoms with Gasteiger partial charge in [0, 0.05) is 35.2 Å². The van der Waals surface area contributed by atoms with Crippen molar-refractivity contribution in [2.24, 2.45) is 0 Å². The number of carbonyl (C=O) groups excluding carboxylic acids is 1. The van der Waals surface area contributed by atoms with Crippen molar-refractivity contribution in [3.8, 4) is 5.75 Å². The number of nitrogens with zero attached hydrogens (tertiary/aromatic N) is 2. The number of halogens is 2. The highest BCUT2D eigenvalue weighted by atomic mass is 19.1. The van der Waals surface area contributed by atoms with Crippen LogP contribution >= 0.6 is 0 Å². The van der Waals surface area contributed by atoms with Crippen molar-refractivity contribution in [2.45, 2.75) is 51.2 Å². The molecule has 32 heavy (non-hydrogen) atoms. The molecular formula is C25H31F2N3O2. The Kier molecular flexibility index (Phi) is 6.38. The molecule has 172 valence electrons. The van der Waals surface area contributed by atoms with Gasteiger partial charge in [-0.3, -0.25) is 0 Å². The number of carbonyl (C=O) groups is 1. The Balaban J connectivity index is 1.48. The number of fused-ring (bicyclic) bond motifs is 1. The van der Waals surface area contributed by atoms with Crippen LogP contribution in [0, 0.1) is 11.6 Å². The Morgan fingerprint density at radius 3 is 2.66 bits per heavy atom. The maximum absolute atomic E-state index is 14.3. The minimum atomic E-state index is -0.628. The second kappa shape index (κ2) is 9.06. The van der Waals surface area contributed by atoms with Gasteiger partial charge in [0.1, 0.15) is 17.4 Å². The summed E-state index contributed by atoms with van der Waals surface area (Å²) in [5, 5.41) is 3.01. The molecule has 1 saturated heterocycles. The number of urea groups is 1. The molecule has 0 atom stereocenters. The average molecular weight is 444 g/mol. The van der Waals surface area contributed by atoms with Crippen LogP contribution in [0.3, 0.4) is 0 Å². The van der Waals surface area contributed by atoms with E-state index in [1.807, 2.05) is 12.1 Å². The summed E-state index contributed by atoms with van der Waals surface area (Å²) < 4.78 is 33.4. The SMILES string of the molecule is CN1CCC(N(Cc2ccc(F)cc2F)C(=O)NCc2ccc3c(c2)C(C)(C)CO3)CC1. The second-order valence-electron chi connectivity index (χ2n) is 9.56. The molecule has 0 radical (unpaired) electrons. The number of rotatable bonds is 5. The summed E-state index contributed by atoms with van der Waals surface area (Å²) in [6, 6.07) is 9.28. The molecule has 2 heterocycles. The van der Waals surface area contributed by atoms with Crippen LogP contribution in [0.1, 0.15) is 43.4 Å². The van der Waals surface area contributed by atoms with E-state index in [1.54, 1.807) is 4.90 Å². The van der Waals surface area contributed by atoms with Crippen LogP contribution in [0.2, 0.25) is 0 Å². The molecule has 1 fully saturated rings. The Morgan fingerprint density at radius 2 is 1.94 bits per heavy atom. The summed E-state index contributed by atoms with van der Waals surface area (Å²) in [5.41, 5.74) is 2.39. The van der Waals surface area contributed by atoms with E-state index in [4.69, 9.17) is 4.74 Å². The molecule has 0 aliphatic carbocycles. The lowest BCUT2D eigenvalue weighted by Gasteiger charge is -2.37. The molecule has 2 amide bonds. The van der Waals surface area contributed by atoms with E-state index < -0.39 is 11.6 Å². The summed E-state index contributed by atoms with van der Waals surface area (Å²) in [6.07, 6.45) is 1.63. The quantitative estimate of drug-likeness (QED) is 0.743. The van der Waals surface area contributed by atoms with Gasteiger partial charge in [-0.1, -0.05) is 26.0 Å². The number of nitrogens with one attached hydrogen (secondary N) is 1. The maximum atomic E-state index is 14.3. The summed E-state index contributed by atoms with van der Waals surface area (Å²) in [7, 11) is 2.05. The largest absolute Gasteiger partial charge is 0.492 e. The van der Waals surface area contributed by atoms with Gasteiger partial charge in [-0.05, 0) is 56.7 Å². The first-order valence-corrected chi connectivity index (χ1v) is 11.2. The van der Waals surface area contributed by atoms with Gasteiger partial charge in [-0.2, -0.15) is 0 Å². The molecule has 4 rings (SSSR count). The van der Waals surface area contributed by atoms with E-state index >= 15 is 0 Å². The fraction of sp³-hybridized carbons (Fsp3) is 0.480. The van der Waals surface area contributed by atoms with Crippen molar-refractivity contribution in [3.05, 3.63) is 64.7 Å². The molecule has 0 spiro atoms. The zero-order chi connectivity index (χ0) is 22.9. The van der Waals surface area contributed by atoms with Crippen LogP contribution in [0.15, 0.2) is 36.4 Å². The smallest absolute Gasteiger partial charge is 0.318 e. The first kappa shape index (κ1) is 22.5. The van der Waals surface area contributed by atoms with Crippen LogP contribution in [-0.2, 0) is 18.5 Å². The van der Waals surface area contributed by atoms with Gasteiger partial charge in [0.05, 0.1) is 13.2 Å². The predicted molar refractivity (Wildman–Crippen MR) is 120 cm³/mol. The van der Waals surface area contributed by atoms with E-state index in [0.29, 0.717) is 18.7 Å². The summed E-state index contributed by atoms with van der Waals surface area (Å²) in [6.45, 7) is 7.15. The third kappa shape index (κ3) is 4.88. The van der Waals surface area contributed by atoms with Crippen LogP contribution in [0.25, 0.3) is 0 Å². The highest BCUT2D eigenvalue weighted by Crippen LogP contribution is 2.38. The minimum Gasteiger partial charge on any atom is -0.492 e. The van der Waals surface area contributed by atoms with Crippen molar-refractivity contribution in [1.29, 1.82) is 0 Å². The van der Waals surface area contributed by atoms with Crippen molar-refractivity contribution in [3.63, 3.8) is 0 Å². The second-order valence-corrected chi connectivity index (χ2v) is 9.56. The molecule has 0 bridgehead atoms. The Hall–Kier alpha value is -2.67. The summed E-state index contributed by atoms with van der Waals surface area (Å²) in [4.78, 5) is 17.1. The van der Waals surface area contributed by atoms with Crippen molar-refractivity contribution < 1.29 is 18.3 Å². The fourth-order valence-electron chi connectivity index (χ4n) is 4.46. The standard InChI is InChI=1S/C25H31F2N3O2/c1-25(2)16-32-23-7-4-17(12-21(23)25)14-28-24(31)30(20-8-10-29(3)11-9-20)15-18-5-6-19(26)13-22(18)27/h4-7,12-13,20H,8-11,14-16H2,1-3H3,(H,28,31). The zero-order valence-corrected chi connectivity index (χ0v) is 19.0. The number of piperidine rings is 1. The molecule has 0 unspecified atom stereocenters. The van der Waals surface area contributed by atoms with Crippen molar-refractivity contribution in [2.75, 3.05) is 26.7 Å².